The zero-order valence-corrected chi connectivity index (χ0v) is 16.5. The lowest BCUT2D eigenvalue weighted by atomic mass is 9.97. The van der Waals surface area contributed by atoms with Crippen molar-refractivity contribution in [3.63, 3.8) is 0 Å². The number of hydrogen-bond donors (Lipinski definition) is 1. The molecule has 0 radical (unpaired) electrons. The predicted octanol–water partition coefficient (Wildman–Crippen LogP) is 3.16. The summed E-state index contributed by atoms with van der Waals surface area (Å²) in [6.07, 6.45) is 4.40. The molecule has 146 valence electrons. The van der Waals surface area contributed by atoms with Gasteiger partial charge in [-0.2, -0.15) is 0 Å². The maximum absolute atomic E-state index is 12.6. The number of rotatable bonds is 6. The van der Waals surface area contributed by atoms with E-state index in [0.29, 0.717) is 13.1 Å². The van der Waals surface area contributed by atoms with Crippen LogP contribution in [0.5, 0.6) is 0 Å². The smallest absolute Gasteiger partial charge is 0.263 e. The minimum Gasteiger partial charge on any atom is -0.356 e. The number of aryl methyl sites for hydroxylation is 1. The summed E-state index contributed by atoms with van der Waals surface area (Å²) in [5.41, 5.74) is 2.10. The Morgan fingerprint density at radius 3 is 2.96 bits per heavy atom. The van der Waals surface area contributed by atoms with Crippen molar-refractivity contribution in [3.05, 3.63) is 53.0 Å². The molecule has 1 saturated heterocycles. The number of benzene rings is 1. The summed E-state index contributed by atoms with van der Waals surface area (Å²) in [4.78, 5) is 32.0. The van der Waals surface area contributed by atoms with Gasteiger partial charge in [-0.25, -0.2) is 4.98 Å². The van der Waals surface area contributed by atoms with E-state index in [1.54, 1.807) is 0 Å². The quantitative estimate of drug-likeness (QED) is 0.651. The predicted molar refractivity (Wildman–Crippen MR) is 110 cm³/mol. The number of piperidine rings is 1. The van der Waals surface area contributed by atoms with Crippen LogP contribution in [0.25, 0.3) is 11.0 Å². The standard InChI is InChI=1S/C21H24N4O2S/c26-20(16-6-3-11-24(14-16)21(27)19-9-4-13-28-19)22-10-5-12-25-15-23-17-7-1-2-8-18(17)25/h1-2,4,7-9,13,15-16H,3,5-6,10-12,14H2,(H,22,26). The van der Waals surface area contributed by atoms with E-state index in [9.17, 15) is 9.59 Å². The number of carbonyl (C=O) groups is 2. The molecule has 0 aliphatic carbocycles. The molecule has 7 heteroatoms. The molecule has 1 N–H and O–H groups in total. The second kappa shape index (κ2) is 8.56. The van der Waals surface area contributed by atoms with Gasteiger partial charge in [-0.15, -0.1) is 11.3 Å². The van der Waals surface area contributed by atoms with Gasteiger partial charge in [0, 0.05) is 26.2 Å². The van der Waals surface area contributed by atoms with Crippen LogP contribution in [-0.4, -0.2) is 45.9 Å². The highest BCUT2D eigenvalue weighted by Gasteiger charge is 2.29. The monoisotopic (exact) mass is 396 g/mol. The molecular weight excluding hydrogens is 372 g/mol. The number of imidazole rings is 1. The van der Waals surface area contributed by atoms with Gasteiger partial charge in [-0.3, -0.25) is 9.59 Å². The van der Waals surface area contributed by atoms with E-state index < -0.39 is 0 Å². The molecule has 2 aromatic heterocycles. The Hall–Kier alpha value is -2.67. The normalized spacial score (nSPS) is 17.0. The molecular formula is C21H24N4O2S. The molecule has 0 spiro atoms. The second-order valence-corrected chi connectivity index (χ2v) is 8.09. The molecule has 1 aromatic carbocycles. The molecule has 1 aliphatic rings. The van der Waals surface area contributed by atoms with E-state index in [2.05, 4.69) is 20.9 Å². The number of hydrogen-bond acceptors (Lipinski definition) is 4. The van der Waals surface area contributed by atoms with E-state index >= 15 is 0 Å². The number of nitrogens with one attached hydrogen (secondary N) is 1. The summed E-state index contributed by atoms with van der Waals surface area (Å²) >= 11 is 1.45. The molecule has 1 fully saturated rings. The van der Waals surface area contributed by atoms with Crippen LogP contribution in [0.4, 0.5) is 0 Å². The van der Waals surface area contributed by atoms with E-state index in [-0.39, 0.29) is 17.7 Å². The first kappa shape index (κ1) is 18.7. The molecule has 6 nitrogen and oxygen atoms in total. The fourth-order valence-electron chi connectivity index (χ4n) is 3.73. The minimum absolute atomic E-state index is 0.0412. The largest absolute Gasteiger partial charge is 0.356 e. The van der Waals surface area contributed by atoms with Gasteiger partial charge in [0.15, 0.2) is 0 Å². The maximum Gasteiger partial charge on any atom is 0.263 e. The van der Waals surface area contributed by atoms with Crippen LogP contribution in [0.2, 0.25) is 0 Å². The Kier molecular flexibility index (Phi) is 5.71. The molecule has 2 amide bonds. The summed E-state index contributed by atoms with van der Waals surface area (Å²) in [5, 5.41) is 4.96. The van der Waals surface area contributed by atoms with Gasteiger partial charge in [0.1, 0.15) is 0 Å². The Labute approximate surface area is 168 Å². The first-order chi connectivity index (χ1) is 13.7. The van der Waals surface area contributed by atoms with Crippen LogP contribution < -0.4 is 5.32 Å². The third kappa shape index (κ3) is 4.09. The average Bonchev–Trinajstić information content (AvgIpc) is 3.41. The zero-order valence-electron chi connectivity index (χ0n) is 15.7. The number of para-hydroxylation sites is 2. The van der Waals surface area contributed by atoms with E-state index in [0.717, 1.165) is 48.3 Å². The first-order valence-electron chi connectivity index (χ1n) is 9.73. The molecule has 28 heavy (non-hydrogen) atoms. The second-order valence-electron chi connectivity index (χ2n) is 7.14. The van der Waals surface area contributed by atoms with Gasteiger partial charge in [-0.1, -0.05) is 18.2 Å². The van der Waals surface area contributed by atoms with Gasteiger partial charge in [-0.05, 0) is 42.8 Å². The Balaban J connectivity index is 1.25. The van der Waals surface area contributed by atoms with Gasteiger partial charge < -0.3 is 14.8 Å². The minimum atomic E-state index is -0.119. The number of amides is 2. The van der Waals surface area contributed by atoms with Crippen molar-refractivity contribution in [2.45, 2.75) is 25.8 Å². The van der Waals surface area contributed by atoms with Gasteiger partial charge >= 0.3 is 0 Å². The van der Waals surface area contributed by atoms with Crippen molar-refractivity contribution < 1.29 is 9.59 Å². The van der Waals surface area contributed by atoms with Crippen LogP contribution in [0.1, 0.15) is 28.9 Å². The van der Waals surface area contributed by atoms with Crippen LogP contribution in [0.15, 0.2) is 48.1 Å². The van der Waals surface area contributed by atoms with Gasteiger partial charge in [0.25, 0.3) is 5.91 Å². The molecule has 3 aromatic rings. The van der Waals surface area contributed by atoms with Crippen molar-refractivity contribution in [1.82, 2.24) is 19.8 Å². The molecule has 0 saturated carbocycles. The van der Waals surface area contributed by atoms with Crippen molar-refractivity contribution in [1.29, 1.82) is 0 Å². The highest BCUT2D eigenvalue weighted by Crippen LogP contribution is 2.20. The molecule has 4 rings (SSSR count). The molecule has 1 unspecified atom stereocenters. The summed E-state index contributed by atoms with van der Waals surface area (Å²) in [6.45, 7) is 2.68. The molecule has 1 atom stereocenters. The fraction of sp³-hybridized carbons (Fsp3) is 0.381. The summed E-state index contributed by atoms with van der Waals surface area (Å²) in [7, 11) is 0. The fourth-order valence-corrected chi connectivity index (χ4v) is 4.42. The number of likely N-dealkylation sites (tertiary alicyclic amines) is 1. The molecule has 0 bridgehead atoms. The third-order valence-corrected chi connectivity index (χ3v) is 6.07. The Morgan fingerprint density at radius 2 is 2.11 bits per heavy atom. The topological polar surface area (TPSA) is 67.2 Å². The van der Waals surface area contributed by atoms with Gasteiger partial charge in [0.2, 0.25) is 5.91 Å². The van der Waals surface area contributed by atoms with Gasteiger partial charge in [0.05, 0.1) is 28.2 Å². The highest BCUT2D eigenvalue weighted by atomic mass is 32.1. The number of fused-ring (bicyclic) bond motifs is 1. The number of nitrogens with zero attached hydrogens (tertiary/aromatic N) is 3. The Morgan fingerprint density at radius 1 is 1.21 bits per heavy atom. The van der Waals surface area contributed by atoms with Crippen LogP contribution >= 0.6 is 11.3 Å². The summed E-state index contributed by atoms with van der Waals surface area (Å²) in [6, 6.07) is 11.8. The number of aromatic nitrogens is 2. The lowest BCUT2D eigenvalue weighted by molar-refractivity contribution is -0.126. The lowest BCUT2D eigenvalue weighted by Crippen LogP contribution is -2.45. The van der Waals surface area contributed by atoms with E-state index in [4.69, 9.17) is 0 Å². The zero-order chi connectivity index (χ0) is 19.3. The van der Waals surface area contributed by atoms with Crippen molar-refractivity contribution in [2.75, 3.05) is 19.6 Å². The van der Waals surface area contributed by atoms with E-state index in [1.165, 1.54) is 11.3 Å². The van der Waals surface area contributed by atoms with Crippen LogP contribution in [0, 0.1) is 5.92 Å². The van der Waals surface area contributed by atoms with Crippen molar-refractivity contribution in [2.24, 2.45) is 5.92 Å². The highest BCUT2D eigenvalue weighted by molar-refractivity contribution is 7.12. The van der Waals surface area contributed by atoms with E-state index in [1.807, 2.05) is 46.9 Å². The molecule has 1 aliphatic heterocycles. The average molecular weight is 397 g/mol. The van der Waals surface area contributed by atoms with Crippen molar-refractivity contribution >= 4 is 34.2 Å². The van der Waals surface area contributed by atoms with Crippen molar-refractivity contribution in [3.8, 4) is 0 Å². The number of thiophene rings is 1. The maximum atomic E-state index is 12.6. The van der Waals surface area contributed by atoms with Crippen LogP contribution in [-0.2, 0) is 11.3 Å². The van der Waals surface area contributed by atoms with Crippen LogP contribution in [0.3, 0.4) is 0 Å². The molecule has 3 heterocycles. The summed E-state index contributed by atoms with van der Waals surface area (Å²) < 4.78 is 2.11. The third-order valence-electron chi connectivity index (χ3n) is 5.21. The first-order valence-corrected chi connectivity index (χ1v) is 10.6. The summed E-state index contributed by atoms with van der Waals surface area (Å²) in [5.74, 6) is -0.0228. The lowest BCUT2D eigenvalue weighted by Gasteiger charge is -2.31. The Bertz CT molecular complexity index is 950. The number of carbonyl (C=O) groups excluding carboxylic acids is 2. The SMILES string of the molecule is O=C(NCCCn1cnc2ccccc21)C1CCCN(C(=O)c2cccs2)C1.